The van der Waals surface area contributed by atoms with Crippen LogP contribution in [0.15, 0.2) is 12.1 Å². The van der Waals surface area contributed by atoms with Crippen molar-refractivity contribution in [2.45, 2.75) is 63.2 Å². The lowest BCUT2D eigenvalue weighted by atomic mass is 9.86. The Morgan fingerprint density at radius 2 is 1.84 bits per heavy atom. The lowest BCUT2D eigenvalue weighted by Gasteiger charge is -2.43. The predicted molar refractivity (Wildman–Crippen MR) is 143 cm³/mol. The van der Waals surface area contributed by atoms with E-state index in [2.05, 4.69) is 15.1 Å². The average Bonchev–Trinajstić information content (AvgIpc) is 2.91. The molecule has 0 aliphatic carbocycles. The number of hydrogen-bond acceptors (Lipinski definition) is 8. The molecule has 4 aliphatic rings. The molecule has 1 amide bonds. The van der Waals surface area contributed by atoms with Crippen LogP contribution in [0.5, 0.6) is 5.75 Å². The van der Waals surface area contributed by atoms with Gasteiger partial charge in [0.15, 0.2) is 0 Å². The van der Waals surface area contributed by atoms with Gasteiger partial charge >= 0.3 is 5.97 Å². The van der Waals surface area contributed by atoms with Crippen LogP contribution in [0.1, 0.15) is 55.3 Å². The molecule has 3 atom stereocenters. The maximum Gasteiger partial charge on any atom is 0.306 e. The number of unbranched alkanes of at least 4 members (excludes halogenated alkanes) is 2. The fourth-order valence-corrected chi connectivity index (χ4v) is 5.97. The number of hydrogen-bond donors (Lipinski definition) is 2. The Morgan fingerprint density at radius 1 is 1.05 bits per heavy atom. The molecule has 4 fully saturated rings. The zero-order valence-electron chi connectivity index (χ0n) is 22.0. The third kappa shape index (κ3) is 7.28. The topological polar surface area (TPSA) is 106 Å². The molecule has 1 aromatic carbocycles. The zero-order chi connectivity index (χ0) is 26.4. The minimum atomic E-state index is -0.260. The summed E-state index contributed by atoms with van der Waals surface area (Å²) in [6, 6.07) is 2.98. The highest BCUT2D eigenvalue weighted by atomic mass is 35.5. The summed E-state index contributed by atoms with van der Waals surface area (Å²) in [5.74, 6) is 0.637. The van der Waals surface area contributed by atoms with Crippen LogP contribution in [0.4, 0.5) is 5.69 Å². The third-order valence-corrected chi connectivity index (χ3v) is 8.39. The Kier molecular flexibility index (Phi) is 9.92. The number of likely N-dealkylation sites (tertiary alicyclic amines) is 1. The smallest absolute Gasteiger partial charge is 0.306 e. The van der Waals surface area contributed by atoms with Gasteiger partial charge < -0.3 is 30.2 Å². The molecule has 0 radical (unpaired) electrons. The Labute approximate surface area is 224 Å². The fraction of sp³-hybridized carbons (Fsp3) is 0.704. The number of ether oxygens (including phenoxy) is 3. The Hall–Kier alpha value is -2.07. The van der Waals surface area contributed by atoms with Crippen LogP contribution in [0.3, 0.4) is 0 Å². The first kappa shape index (κ1) is 28.0. The summed E-state index contributed by atoms with van der Waals surface area (Å²) in [7, 11) is 3.17. The first-order chi connectivity index (χ1) is 17.9. The second kappa shape index (κ2) is 13.1. The third-order valence-electron chi connectivity index (χ3n) is 8.06. The molecule has 4 heterocycles. The van der Waals surface area contributed by atoms with Crippen LogP contribution in [-0.4, -0.2) is 93.4 Å². The van der Waals surface area contributed by atoms with Crippen molar-refractivity contribution >= 4 is 29.2 Å². The number of methoxy groups -OCH3 is 2. The summed E-state index contributed by atoms with van der Waals surface area (Å²) in [6.45, 7) is 5.76. The van der Waals surface area contributed by atoms with E-state index in [9.17, 15) is 9.59 Å². The van der Waals surface area contributed by atoms with Gasteiger partial charge in [-0.05, 0) is 63.7 Å². The van der Waals surface area contributed by atoms with E-state index in [1.54, 1.807) is 13.2 Å². The maximum atomic E-state index is 13.0. The summed E-state index contributed by atoms with van der Waals surface area (Å²) in [6.07, 6.45) is 6.42. The molecular formula is C27H41ClN4O5. The van der Waals surface area contributed by atoms with Gasteiger partial charge in [0.2, 0.25) is 0 Å². The molecule has 37 heavy (non-hydrogen) atoms. The van der Waals surface area contributed by atoms with E-state index in [4.69, 9.17) is 31.5 Å². The fourth-order valence-electron chi connectivity index (χ4n) is 5.80. The number of nitrogens with two attached hydrogens (primary N) is 1. The number of carbonyl (C=O) groups excluding carboxylic acids is 2. The van der Waals surface area contributed by atoms with Crippen molar-refractivity contribution in [3.8, 4) is 5.75 Å². The van der Waals surface area contributed by atoms with Crippen molar-refractivity contribution in [1.29, 1.82) is 0 Å². The molecule has 4 saturated heterocycles. The summed E-state index contributed by atoms with van der Waals surface area (Å²) >= 11 is 6.13. The first-order valence-corrected chi connectivity index (χ1v) is 13.9. The standard InChI is InChI=1S/C27H41ClN4O5/c1-35-23-15-21(29)20(28)14-19(23)27(34)30-22-9-13-31(17-25(22)36-2)10-5-3-4-6-26(33)37-24-16-32-11-7-18(24)8-12-32/h14-15,18,22,24-25H,3-13,16-17,29H2,1-2H3,(H,30,34)/t22-,24+,25-/m1/s1. The number of amides is 1. The average molecular weight is 537 g/mol. The molecule has 0 aromatic heterocycles. The Morgan fingerprint density at radius 3 is 2.51 bits per heavy atom. The van der Waals surface area contributed by atoms with E-state index < -0.39 is 0 Å². The van der Waals surface area contributed by atoms with Crippen LogP contribution in [0, 0.1) is 5.92 Å². The highest BCUT2D eigenvalue weighted by Gasteiger charge is 2.36. The number of nitrogens with zero attached hydrogens (tertiary/aromatic N) is 2. The lowest BCUT2D eigenvalue weighted by molar-refractivity contribution is -0.158. The van der Waals surface area contributed by atoms with Crippen molar-refractivity contribution < 1.29 is 23.8 Å². The van der Waals surface area contributed by atoms with E-state index in [1.807, 2.05) is 0 Å². The van der Waals surface area contributed by atoms with Crippen molar-refractivity contribution in [1.82, 2.24) is 15.1 Å². The highest BCUT2D eigenvalue weighted by Crippen LogP contribution is 2.30. The first-order valence-electron chi connectivity index (χ1n) is 13.5. The van der Waals surface area contributed by atoms with Crippen LogP contribution >= 0.6 is 11.6 Å². The number of anilines is 1. The predicted octanol–water partition coefficient (Wildman–Crippen LogP) is 2.95. The van der Waals surface area contributed by atoms with E-state index in [-0.39, 0.29) is 30.1 Å². The van der Waals surface area contributed by atoms with E-state index in [0.717, 1.165) is 77.8 Å². The van der Waals surface area contributed by atoms with E-state index in [1.165, 1.54) is 13.2 Å². The lowest BCUT2D eigenvalue weighted by Crippen LogP contribution is -2.54. The Balaban J connectivity index is 1.15. The molecule has 1 aromatic rings. The van der Waals surface area contributed by atoms with Gasteiger partial charge in [0, 0.05) is 39.2 Å². The quantitative estimate of drug-likeness (QED) is 0.252. The van der Waals surface area contributed by atoms with E-state index >= 15 is 0 Å². The number of piperidine rings is 4. The summed E-state index contributed by atoms with van der Waals surface area (Å²) in [5, 5.41) is 3.40. The number of nitrogens with one attached hydrogen (secondary N) is 1. The molecule has 206 valence electrons. The van der Waals surface area contributed by atoms with Crippen molar-refractivity contribution in [2.75, 3.05) is 59.2 Å². The summed E-state index contributed by atoms with van der Waals surface area (Å²) in [4.78, 5) is 30.0. The van der Waals surface area contributed by atoms with Crippen LogP contribution in [0.25, 0.3) is 0 Å². The molecule has 4 aliphatic heterocycles. The van der Waals surface area contributed by atoms with Crippen molar-refractivity contribution in [3.05, 3.63) is 22.7 Å². The van der Waals surface area contributed by atoms with Gasteiger partial charge in [-0.25, -0.2) is 0 Å². The van der Waals surface area contributed by atoms with Gasteiger partial charge in [0.25, 0.3) is 5.91 Å². The Bertz CT molecular complexity index is 940. The van der Waals surface area contributed by atoms with Gasteiger partial charge in [0.05, 0.1) is 35.5 Å². The van der Waals surface area contributed by atoms with E-state index in [0.29, 0.717) is 34.4 Å². The summed E-state index contributed by atoms with van der Waals surface area (Å²) in [5.41, 5.74) is 6.56. The minimum Gasteiger partial charge on any atom is -0.496 e. The number of nitrogen functional groups attached to an aromatic ring is 1. The molecule has 0 unspecified atom stereocenters. The number of esters is 1. The molecule has 2 bridgehead atoms. The number of rotatable bonds is 11. The maximum absolute atomic E-state index is 13.0. The van der Waals surface area contributed by atoms with Gasteiger partial charge in [-0.15, -0.1) is 0 Å². The number of benzene rings is 1. The van der Waals surface area contributed by atoms with Gasteiger partial charge in [0.1, 0.15) is 11.9 Å². The van der Waals surface area contributed by atoms with Crippen molar-refractivity contribution in [2.24, 2.45) is 5.92 Å². The normalized spacial score (nSPS) is 27.6. The highest BCUT2D eigenvalue weighted by molar-refractivity contribution is 6.33. The van der Waals surface area contributed by atoms with Crippen LogP contribution in [0.2, 0.25) is 5.02 Å². The molecule has 10 heteroatoms. The summed E-state index contributed by atoms with van der Waals surface area (Å²) < 4.78 is 16.8. The number of halogens is 1. The SMILES string of the molecule is COc1cc(N)c(Cl)cc1C(=O)N[C@@H]1CCN(CCCCCC(=O)O[C@H]2CN3CCC2CC3)C[C@H]1OC. The number of fused-ring (bicyclic) bond motifs is 3. The zero-order valence-corrected chi connectivity index (χ0v) is 22.8. The number of carbonyl (C=O) groups is 2. The second-order valence-corrected chi connectivity index (χ2v) is 10.9. The molecule has 3 N–H and O–H groups in total. The molecule has 9 nitrogen and oxygen atoms in total. The molecule has 0 saturated carbocycles. The largest absolute Gasteiger partial charge is 0.496 e. The second-order valence-electron chi connectivity index (χ2n) is 10.5. The van der Waals surface area contributed by atoms with Gasteiger partial charge in [-0.1, -0.05) is 18.0 Å². The van der Waals surface area contributed by atoms with Gasteiger partial charge in [-0.3, -0.25) is 14.5 Å². The van der Waals surface area contributed by atoms with Crippen LogP contribution < -0.4 is 15.8 Å². The molecule has 5 rings (SSSR count). The van der Waals surface area contributed by atoms with Crippen LogP contribution in [-0.2, 0) is 14.3 Å². The molecular weight excluding hydrogens is 496 g/mol. The monoisotopic (exact) mass is 536 g/mol. The van der Waals surface area contributed by atoms with Crippen molar-refractivity contribution in [3.63, 3.8) is 0 Å². The molecule has 0 spiro atoms. The minimum absolute atomic E-state index is 0.0474. The van der Waals surface area contributed by atoms with Gasteiger partial charge in [-0.2, -0.15) is 0 Å².